The molecule has 1 aromatic heterocycles. The molecule has 0 unspecified atom stereocenters. The maximum absolute atomic E-state index is 12.2. The van der Waals surface area contributed by atoms with Gasteiger partial charge in [-0.3, -0.25) is 9.69 Å². The summed E-state index contributed by atoms with van der Waals surface area (Å²) < 4.78 is 5.16. The molecule has 1 N–H and O–H groups in total. The number of amides is 1. The van der Waals surface area contributed by atoms with E-state index in [0.29, 0.717) is 24.8 Å². The number of rotatable bonds is 8. The van der Waals surface area contributed by atoms with Crippen molar-refractivity contribution in [2.75, 3.05) is 13.1 Å². The lowest BCUT2D eigenvalue weighted by Crippen LogP contribution is -2.44. The molecule has 0 atom stereocenters. The summed E-state index contributed by atoms with van der Waals surface area (Å²) >= 11 is 0. The zero-order chi connectivity index (χ0) is 19.1. The van der Waals surface area contributed by atoms with Crippen LogP contribution in [0.2, 0.25) is 0 Å². The Bertz CT molecular complexity index is 735. The molecular formula is C21H30N4O2. The van der Waals surface area contributed by atoms with Gasteiger partial charge in [-0.05, 0) is 31.7 Å². The van der Waals surface area contributed by atoms with Gasteiger partial charge in [-0.2, -0.15) is 4.98 Å². The number of hydrogen-bond acceptors (Lipinski definition) is 5. The highest BCUT2D eigenvalue weighted by Crippen LogP contribution is 2.15. The molecule has 1 aromatic carbocycles. The van der Waals surface area contributed by atoms with Crippen LogP contribution < -0.4 is 5.32 Å². The minimum absolute atomic E-state index is 0.127. The second-order valence-electron chi connectivity index (χ2n) is 7.42. The molecule has 6 nitrogen and oxygen atoms in total. The minimum atomic E-state index is 0.127. The number of benzene rings is 1. The van der Waals surface area contributed by atoms with Gasteiger partial charge < -0.3 is 9.84 Å². The number of aryl methyl sites for hydroxylation is 3. The summed E-state index contributed by atoms with van der Waals surface area (Å²) in [6.07, 6.45) is 4.71. The molecule has 146 valence electrons. The molecule has 6 heteroatoms. The largest absolute Gasteiger partial charge is 0.353 e. The molecule has 1 amide bonds. The lowest BCUT2D eigenvalue weighted by atomic mass is 10.0. The van der Waals surface area contributed by atoms with Crippen LogP contribution in [-0.2, 0) is 24.2 Å². The first kappa shape index (κ1) is 19.5. The minimum Gasteiger partial charge on any atom is -0.353 e. The second-order valence-corrected chi connectivity index (χ2v) is 7.42. The van der Waals surface area contributed by atoms with Gasteiger partial charge in [0, 0.05) is 44.9 Å². The van der Waals surface area contributed by atoms with Crippen LogP contribution in [0, 0.1) is 6.92 Å². The number of piperidine rings is 1. The number of carbonyl (C=O) groups excluding carboxylic acids is 1. The van der Waals surface area contributed by atoms with E-state index in [-0.39, 0.29) is 5.91 Å². The van der Waals surface area contributed by atoms with E-state index in [1.807, 2.05) is 6.92 Å². The first-order chi connectivity index (χ1) is 13.1. The maximum atomic E-state index is 12.2. The molecule has 3 rings (SSSR count). The third-order valence-corrected chi connectivity index (χ3v) is 5.06. The predicted molar refractivity (Wildman–Crippen MR) is 104 cm³/mol. The van der Waals surface area contributed by atoms with Crippen molar-refractivity contribution in [3.8, 4) is 0 Å². The smallest absolute Gasteiger partial charge is 0.226 e. The number of likely N-dealkylation sites (tertiary alicyclic amines) is 1. The molecule has 1 fully saturated rings. The molecular weight excluding hydrogens is 340 g/mol. The molecule has 27 heavy (non-hydrogen) atoms. The lowest BCUT2D eigenvalue weighted by molar-refractivity contribution is -0.122. The third-order valence-electron chi connectivity index (χ3n) is 5.06. The first-order valence-corrected chi connectivity index (χ1v) is 10.0. The van der Waals surface area contributed by atoms with Gasteiger partial charge in [0.05, 0.1) is 0 Å². The standard InChI is InChI=1S/C21H30N4O2/c1-3-19-23-21(27-24-19)9-5-8-20(26)22-18-10-12-25(13-11-18)15-17-7-4-6-16(2)14-17/h4,6-7,14,18H,3,5,8-13,15H2,1-2H3,(H,22,26). The van der Waals surface area contributed by atoms with Crippen LogP contribution in [-0.4, -0.2) is 40.1 Å². The Kier molecular flexibility index (Phi) is 6.98. The molecule has 2 heterocycles. The summed E-state index contributed by atoms with van der Waals surface area (Å²) in [5, 5.41) is 7.06. The van der Waals surface area contributed by atoms with Crippen molar-refractivity contribution in [3.05, 3.63) is 47.1 Å². The van der Waals surface area contributed by atoms with Crippen LogP contribution in [0.15, 0.2) is 28.8 Å². The molecule has 0 aliphatic carbocycles. The molecule has 0 spiro atoms. The Hall–Kier alpha value is -2.21. The van der Waals surface area contributed by atoms with Gasteiger partial charge in [-0.1, -0.05) is 41.9 Å². The monoisotopic (exact) mass is 370 g/mol. The fourth-order valence-corrected chi connectivity index (χ4v) is 3.54. The van der Waals surface area contributed by atoms with E-state index in [1.165, 1.54) is 11.1 Å². The third kappa shape index (κ3) is 6.17. The predicted octanol–water partition coefficient (Wildman–Crippen LogP) is 3.04. The highest BCUT2D eigenvalue weighted by molar-refractivity contribution is 5.76. The summed E-state index contributed by atoms with van der Waals surface area (Å²) in [7, 11) is 0. The van der Waals surface area contributed by atoms with E-state index >= 15 is 0 Å². The van der Waals surface area contributed by atoms with E-state index < -0.39 is 0 Å². The molecule has 0 radical (unpaired) electrons. The van der Waals surface area contributed by atoms with Crippen molar-refractivity contribution < 1.29 is 9.32 Å². The van der Waals surface area contributed by atoms with Gasteiger partial charge in [-0.15, -0.1) is 0 Å². The quantitative estimate of drug-likeness (QED) is 0.773. The summed E-state index contributed by atoms with van der Waals surface area (Å²) in [6, 6.07) is 8.98. The van der Waals surface area contributed by atoms with E-state index in [9.17, 15) is 4.79 Å². The fourth-order valence-electron chi connectivity index (χ4n) is 3.54. The van der Waals surface area contributed by atoms with Gasteiger partial charge in [-0.25, -0.2) is 0 Å². The maximum Gasteiger partial charge on any atom is 0.226 e. The van der Waals surface area contributed by atoms with Crippen molar-refractivity contribution in [2.24, 2.45) is 0 Å². The van der Waals surface area contributed by atoms with Crippen molar-refractivity contribution >= 4 is 5.91 Å². The Morgan fingerprint density at radius 1 is 1.33 bits per heavy atom. The average Bonchev–Trinajstić information content (AvgIpc) is 3.11. The van der Waals surface area contributed by atoms with Crippen LogP contribution in [0.3, 0.4) is 0 Å². The number of nitrogens with one attached hydrogen (secondary N) is 1. The van der Waals surface area contributed by atoms with Crippen LogP contribution >= 0.6 is 0 Å². The number of carbonyl (C=O) groups is 1. The SMILES string of the molecule is CCc1noc(CCCC(=O)NC2CCN(Cc3cccc(C)c3)CC2)n1. The van der Waals surface area contributed by atoms with Crippen LogP contribution in [0.25, 0.3) is 0 Å². The summed E-state index contributed by atoms with van der Waals surface area (Å²) in [6.45, 7) is 7.17. The number of hydrogen-bond donors (Lipinski definition) is 1. The first-order valence-electron chi connectivity index (χ1n) is 10.0. The Morgan fingerprint density at radius 2 is 2.15 bits per heavy atom. The fraction of sp³-hybridized carbons (Fsp3) is 0.571. The molecule has 0 saturated carbocycles. The Morgan fingerprint density at radius 3 is 2.85 bits per heavy atom. The van der Waals surface area contributed by atoms with Crippen molar-refractivity contribution in [2.45, 2.75) is 65.0 Å². The average molecular weight is 370 g/mol. The highest BCUT2D eigenvalue weighted by Gasteiger charge is 2.20. The van der Waals surface area contributed by atoms with Gasteiger partial charge in [0.15, 0.2) is 5.82 Å². The molecule has 0 bridgehead atoms. The zero-order valence-corrected chi connectivity index (χ0v) is 16.4. The Labute approximate surface area is 161 Å². The molecule has 1 aliphatic rings. The van der Waals surface area contributed by atoms with Crippen molar-refractivity contribution in [1.82, 2.24) is 20.4 Å². The number of aromatic nitrogens is 2. The topological polar surface area (TPSA) is 71.3 Å². The van der Waals surface area contributed by atoms with Gasteiger partial charge in [0.25, 0.3) is 0 Å². The summed E-state index contributed by atoms with van der Waals surface area (Å²) in [4.78, 5) is 18.9. The summed E-state index contributed by atoms with van der Waals surface area (Å²) in [5.74, 6) is 1.48. The molecule has 1 aliphatic heterocycles. The van der Waals surface area contributed by atoms with Gasteiger partial charge in [0.1, 0.15) is 0 Å². The zero-order valence-electron chi connectivity index (χ0n) is 16.4. The van der Waals surface area contributed by atoms with Crippen LogP contribution in [0.4, 0.5) is 0 Å². The van der Waals surface area contributed by atoms with E-state index in [2.05, 4.69) is 51.5 Å². The normalized spacial score (nSPS) is 15.8. The van der Waals surface area contributed by atoms with Crippen LogP contribution in [0.1, 0.15) is 55.4 Å². The van der Waals surface area contributed by atoms with Gasteiger partial charge in [0.2, 0.25) is 11.8 Å². The van der Waals surface area contributed by atoms with E-state index in [1.54, 1.807) is 0 Å². The van der Waals surface area contributed by atoms with Gasteiger partial charge >= 0.3 is 0 Å². The summed E-state index contributed by atoms with van der Waals surface area (Å²) in [5.41, 5.74) is 2.67. The van der Waals surface area contributed by atoms with E-state index in [0.717, 1.165) is 51.1 Å². The number of nitrogens with zero attached hydrogens (tertiary/aromatic N) is 3. The molecule has 1 saturated heterocycles. The second kappa shape index (κ2) is 9.65. The van der Waals surface area contributed by atoms with Crippen molar-refractivity contribution in [1.29, 1.82) is 0 Å². The van der Waals surface area contributed by atoms with E-state index in [4.69, 9.17) is 4.52 Å². The molecule has 2 aromatic rings. The Balaban J connectivity index is 1.33. The van der Waals surface area contributed by atoms with Crippen molar-refractivity contribution in [3.63, 3.8) is 0 Å². The van der Waals surface area contributed by atoms with Crippen LogP contribution in [0.5, 0.6) is 0 Å². The highest BCUT2D eigenvalue weighted by atomic mass is 16.5. The lowest BCUT2D eigenvalue weighted by Gasteiger charge is -2.32.